The second-order valence-electron chi connectivity index (χ2n) is 7.46. The van der Waals surface area contributed by atoms with E-state index < -0.39 is 0 Å². The van der Waals surface area contributed by atoms with Crippen molar-refractivity contribution in [2.45, 2.75) is 32.4 Å². The number of nitrogens with one attached hydrogen (secondary N) is 2. The van der Waals surface area contributed by atoms with Gasteiger partial charge in [0.05, 0.1) is 12.6 Å². The van der Waals surface area contributed by atoms with Crippen LogP contribution in [0.4, 0.5) is 21.0 Å². The molecule has 0 spiro atoms. The third kappa shape index (κ3) is 2.72. The van der Waals surface area contributed by atoms with Crippen LogP contribution in [-0.2, 0) is 9.47 Å². The molecule has 0 aromatic heterocycles. The van der Waals surface area contributed by atoms with Crippen LogP contribution in [0.3, 0.4) is 0 Å². The predicted octanol–water partition coefficient (Wildman–Crippen LogP) is 2.58. The molecule has 0 radical (unpaired) electrons. The van der Waals surface area contributed by atoms with Gasteiger partial charge in [-0.25, -0.2) is 9.59 Å². The number of carbonyl (C=O) groups is 2. The van der Waals surface area contributed by atoms with Gasteiger partial charge in [-0.2, -0.15) is 0 Å². The number of urea groups is 1. The van der Waals surface area contributed by atoms with E-state index in [1.807, 2.05) is 12.1 Å². The molecule has 7 nitrogen and oxygen atoms in total. The van der Waals surface area contributed by atoms with Gasteiger partial charge < -0.3 is 20.1 Å². The van der Waals surface area contributed by atoms with E-state index >= 15 is 0 Å². The Morgan fingerprint density at radius 3 is 2.92 bits per heavy atom. The standard InChI is InChI=1S/C18H23N3O4/c1-18(2)14(13-6-8-24-15(13)18)20-16(22)19-11-4-3-5-12(10-11)21-7-9-25-17(21)23/h3-5,10,13-15H,6-9H2,1-2H3,(H2,19,20,22)/t13-,14-,15+/m1/s1. The number of rotatable bonds is 3. The molecule has 4 rings (SSSR count). The fourth-order valence-corrected chi connectivity index (χ4v) is 4.31. The number of ether oxygens (including phenoxy) is 2. The Kier molecular flexibility index (Phi) is 3.83. The smallest absolute Gasteiger partial charge is 0.414 e. The Morgan fingerprint density at radius 1 is 1.32 bits per heavy atom. The molecule has 3 atom stereocenters. The molecule has 7 heteroatoms. The van der Waals surface area contributed by atoms with Crippen molar-refractivity contribution in [2.24, 2.45) is 11.3 Å². The Balaban J connectivity index is 1.40. The third-order valence-corrected chi connectivity index (χ3v) is 5.56. The quantitative estimate of drug-likeness (QED) is 0.882. The maximum atomic E-state index is 12.4. The maximum Gasteiger partial charge on any atom is 0.414 e. The molecule has 1 saturated carbocycles. The van der Waals surface area contributed by atoms with Gasteiger partial charge in [-0.15, -0.1) is 0 Å². The summed E-state index contributed by atoms with van der Waals surface area (Å²) < 4.78 is 10.7. The summed E-state index contributed by atoms with van der Waals surface area (Å²) in [6, 6.07) is 7.09. The molecule has 2 saturated heterocycles. The van der Waals surface area contributed by atoms with Gasteiger partial charge in [0.2, 0.25) is 0 Å². The molecular formula is C18H23N3O4. The van der Waals surface area contributed by atoms with Gasteiger partial charge in [-0.05, 0) is 24.6 Å². The van der Waals surface area contributed by atoms with Crippen LogP contribution in [-0.4, -0.2) is 44.0 Å². The van der Waals surface area contributed by atoms with E-state index in [-0.39, 0.29) is 29.7 Å². The summed E-state index contributed by atoms with van der Waals surface area (Å²) in [6.07, 6.45) is 0.874. The number of carbonyl (C=O) groups excluding carboxylic acids is 2. The van der Waals surface area contributed by atoms with Gasteiger partial charge >= 0.3 is 12.1 Å². The largest absolute Gasteiger partial charge is 0.447 e. The first-order valence-corrected chi connectivity index (χ1v) is 8.70. The second kappa shape index (κ2) is 5.91. The number of cyclic esters (lactones) is 1. The minimum absolute atomic E-state index is 0.0559. The molecule has 1 aliphatic carbocycles. The Labute approximate surface area is 146 Å². The molecule has 0 unspecified atom stereocenters. The van der Waals surface area contributed by atoms with Crippen LogP contribution >= 0.6 is 0 Å². The zero-order valence-corrected chi connectivity index (χ0v) is 14.5. The summed E-state index contributed by atoms with van der Waals surface area (Å²) in [5, 5.41) is 5.96. The van der Waals surface area contributed by atoms with Crippen molar-refractivity contribution >= 4 is 23.5 Å². The fourth-order valence-electron chi connectivity index (χ4n) is 4.31. The van der Waals surface area contributed by atoms with Crippen LogP contribution in [0.25, 0.3) is 0 Å². The number of anilines is 2. The summed E-state index contributed by atoms with van der Waals surface area (Å²) in [5.41, 5.74) is 1.30. The highest BCUT2D eigenvalue weighted by molar-refractivity contribution is 5.93. The van der Waals surface area contributed by atoms with Crippen molar-refractivity contribution < 1.29 is 19.1 Å². The summed E-state index contributed by atoms with van der Waals surface area (Å²) in [5.74, 6) is 0.395. The van der Waals surface area contributed by atoms with Crippen LogP contribution in [0.1, 0.15) is 20.3 Å². The minimum Gasteiger partial charge on any atom is -0.447 e. The molecule has 2 aliphatic heterocycles. The lowest BCUT2D eigenvalue weighted by molar-refractivity contribution is -0.107. The van der Waals surface area contributed by atoms with E-state index in [9.17, 15) is 9.59 Å². The van der Waals surface area contributed by atoms with E-state index in [1.54, 1.807) is 17.0 Å². The van der Waals surface area contributed by atoms with E-state index in [4.69, 9.17) is 9.47 Å². The van der Waals surface area contributed by atoms with Crippen molar-refractivity contribution in [1.29, 1.82) is 0 Å². The number of hydrogen-bond donors (Lipinski definition) is 2. The number of benzene rings is 1. The fraction of sp³-hybridized carbons (Fsp3) is 0.556. The highest BCUT2D eigenvalue weighted by atomic mass is 16.6. The highest BCUT2D eigenvalue weighted by Crippen LogP contribution is 2.52. The summed E-state index contributed by atoms with van der Waals surface area (Å²) in [6.45, 7) is 5.94. The molecule has 3 fully saturated rings. The van der Waals surface area contributed by atoms with Crippen LogP contribution in [0.15, 0.2) is 24.3 Å². The molecule has 2 heterocycles. The second-order valence-corrected chi connectivity index (χ2v) is 7.46. The molecule has 0 bridgehead atoms. The average Bonchev–Trinajstić information content (AvgIpc) is 3.20. The Hall–Kier alpha value is -2.28. The van der Waals surface area contributed by atoms with Crippen LogP contribution in [0.5, 0.6) is 0 Å². The first-order chi connectivity index (χ1) is 12.0. The van der Waals surface area contributed by atoms with Gasteiger partial charge in [0.25, 0.3) is 0 Å². The van der Waals surface area contributed by atoms with Gasteiger partial charge in [-0.3, -0.25) is 4.90 Å². The average molecular weight is 345 g/mol. The number of amides is 3. The number of hydrogen-bond acceptors (Lipinski definition) is 4. The van der Waals surface area contributed by atoms with Gasteiger partial charge in [0, 0.05) is 35.4 Å². The molecule has 2 N–H and O–H groups in total. The lowest BCUT2D eigenvalue weighted by Crippen LogP contribution is -2.67. The van der Waals surface area contributed by atoms with Crippen LogP contribution in [0, 0.1) is 11.3 Å². The Morgan fingerprint density at radius 2 is 2.16 bits per heavy atom. The Bertz CT molecular complexity index is 705. The first-order valence-electron chi connectivity index (χ1n) is 8.70. The zero-order chi connectivity index (χ0) is 17.6. The third-order valence-electron chi connectivity index (χ3n) is 5.56. The summed E-state index contributed by atoms with van der Waals surface area (Å²) in [4.78, 5) is 25.6. The summed E-state index contributed by atoms with van der Waals surface area (Å²) >= 11 is 0. The van der Waals surface area contributed by atoms with E-state index in [0.717, 1.165) is 13.0 Å². The van der Waals surface area contributed by atoms with Crippen molar-refractivity contribution in [3.63, 3.8) is 0 Å². The normalized spacial score (nSPS) is 29.6. The lowest BCUT2D eigenvalue weighted by atomic mass is 9.57. The summed E-state index contributed by atoms with van der Waals surface area (Å²) in [7, 11) is 0. The molecule has 1 aromatic carbocycles. The molecule has 1 aromatic rings. The molecule has 3 aliphatic rings. The predicted molar refractivity (Wildman–Crippen MR) is 92.7 cm³/mol. The van der Waals surface area contributed by atoms with Gasteiger partial charge in [-0.1, -0.05) is 19.9 Å². The maximum absolute atomic E-state index is 12.4. The zero-order valence-electron chi connectivity index (χ0n) is 14.5. The van der Waals surface area contributed by atoms with Gasteiger partial charge in [0.1, 0.15) is 6.61 Å². The molecule has 25 heavy (non-hydrogen) atoms. The van der Waals surface area contributed by atoms with Crippen LogP contribution < -0.4 is 15.5 Å². The van der Waals surface area contributed by atoms with Gasteiger partial charge in [0.15, 0.2) is 0 Å². The van der Waals surface area contributed by atoms with Crippen molar-refractivity contribution in [3.05, 3.63) is 24.3 Å². The van der Waals surface area contributed by atoms with E-state index in [1.165, 1.54) is 0 Å². The number of fused-ring (bicyclic) bond motifs is 1. The SMILES string of the molecule is CC1(C)[C@H](NC(=O)Nc2cccc(N3CCOC3=O)c2)[C@H]2CCO[C@@H]21. The highest BCUT2D eigenvalue weighted by Gasteiger charge is 2.59. The van der Waals surface area contributed by atoms with E-state index in [0.29, 0.717) is 30.4 Å². The van der Waals surface area contributed by atoms with Crippen molar-refractivity contribution in [2.75, 3.05) is 30.0 Å². The molecular weight excluding hydrogens is 322 g/mol. The topological polar surface area (TPSA) is 79.9 Å². The van der Waals surface area contributed by atoms with Crippen LogP contribution in [0.2, 0.25) is 0 Å². The molecule has 134 valence electrons. The number of nitrogens with zero attached hydrogens (tertiary/aromatic N) is 1. The molecule has 3 amide bonds. The van der Waals surface area contributed by atoms with E-state index in [2.05, 4.69) is 24.5 Å². The van der Waals surface area contributed by atoms with Crippen molar-refractivity contribution in [3.8, 4) is 0 Å². The minimum atomic E-state index is -0.356. The monoisotopic (exact) mass is 345 g/mol. The lowest BCUT2D eigenvalue weighted by Gasteiger charge is -2.54. The first kappa shape index (κ1) is 16.2. The van der Waals surface area contributed by atoms with Crippen molar-refractivity contribution in [1.82, 2.24) is 5.32 Å².